The Labute approximate surface area is 188 Å². The van der Waals surface area contributed by atoms with E-state index in [0.29, 0.717) is 23.7 Å². The van der Waals surface area contributed by atoms with Gasteiger partial charge >= 0.3 is 0 Å². The van der Waals surface area contributed by atoms with Crippen molar-refractivity contribution in [2.75, 3.05) is 0 Å². The molecule has 1 unspecified atom stereocenters. The van der Waals surface area contributed by atoms with E-state index >= 15 is 0 Å². The van der Waals surface area contributed by atoms with Crippen molar-refractivity contribution < 1.29 is 4.79 Å². The third-order valence-corrected chi connectivity index (χ3v) is 7.11. The van der Waals surface area contributed by atoms with E-state index in [-0.39, 0.29) is 5.91 Å². The lowest BCUT2D eigenvalue weighted by Crippen LogP contribution is -2.57. The van der Waals surface area contributed by atoms with Gasteiger partial charge in [0.05, 0.1) is 16.8 Å². The highest BCUT2D eigenvalue weighted by Crippen LogP contribution is 2.46. The topological polar surface area (TPSA) is 51.0 Å². The Bertz CT molecular complexity index is 1460. The minimum Gasteiger partial charge on any atom is -0.339 e. The minimum absolute atomic E-state index is 0.0385. The predicted octanol–water partition coefficient (Wildman–Crippen LogP) is 2.79. The van der Waals surface area contributed by atoms with Crippen LogP contribution in [0.25, 0.3) is 22.0 Å². The van der Waals surface area contributed by atoms with Gasteiger partial charge in [-0.25, -0.2) is 0 Å². The monoisotopic (exact) mass is 413 g/mol. The van der Waals surface area contributed by atoms with E-state index in [2.05, 4.69) is 40.5 Å². The molecule has 7 heteroatoms. The zero-order chi connectivity index (χ0) is 21.6. The van der Waals surface area contributed by atoms with Gasteiger partial charge in [-0.3, -0.25) is 14.5 Å². The van der Waals surface area contributed by atoms with Crippen molar-refractivity contribution in [2.24, 2.45) is 7.05 Å². The van der Waals surface area contributed by atoms with Gasteiger partial charge in [-0.15, -0.1) is 0 Å². The molecule has 0 spiro atoms. The van der Waals surface area contributed by atoms with Gasteiger partial charge in [0.15, 0.2) is 7.28 Å². The highest BCUT2D eigenvalue weighted by Gasteiger charge is 2.50. The Morgan fingerprint density at radius 1 is 1.16 bits per heavy atom. The molecule has 2 aliphatic heterocycles. The SMILES string of the molecule is [B]C12[B]c3cc(-c4cccc5nn(C)cc45)cc(C4CC4)c3CN1C(=O)c1cccnc12. The summed E-state index contributed by atoms with van der Waals surface area (Å²) in [5.41, 5.74) is 8.24. The molecule has 1 atom stereocenters. The second kappa shape index (κ2) is 6.12. The molecule has 1 amide bonds. The van der Waals surface area contributed by atoms with E-state index in [4.69, 9.17) is 7.85 Å². The first-order chi connectivity index (χ1) is 15.5. The van der Waals surface area contributed by atoms with Crippen LogP contribution in [0.15, 0.2) is 54.9 Å². The summed E-state index contributed by atoms with van der Waals surface area (Å²) in [6.45, 7) is 0.515. The Balaban J connectivity index is 1.43. The zero-order valence-corrected chi connectivity index (χ0v) is 17.7. The maximum absolute atomic E-state index is 13.2. The number of aryl methyl sites for hydroxylation is 1. The van der Waals surface area contributed by atoms with E-state index in [1.165, 1.54) is 35.1 Å². The Kier molecular flexibility index (Phi) is 3.49. The molecule has 1 fully saturated rings. The van der Waals surface area contributed by atoms with Gasteiger partial charge in [-0.05, 0) is 59.2 Å². The molecule has 0 bridgehead atoms. The first kappa shape index (κ1) is 18.3. The molecular weight excluding hydrogens is 394 g/mol. The number of pyridine rings is 1. The zero-order valence-electron chi connectivity index (χ0n) is 17.7. The number of hydrogen-bond acceptors (Lipinski definition) is 3. The molecule has 151 valence electrons. The number of amides is 1. The molecule has 3 aliphatic rings. The lowest BCUT2D eigenvalue weighted by molar-refractivity contribution is 0.0725. The number of carbonyl (C=O) groups excluding carboxylic acids is 1. The van der Waals surface area contributed by atoms with Crippen molar-refractivity contribution in [3.05, 3.63) is 77.2 Å². The molecule has 2 aromatic heterocycles. The summed E-state index contributed by atoms with van der Waals surface area (Å²) in [6, 6.07) is 14.4. The van der Waals surface area contributed by atoms with Crippen LogP contribution in [-0.2, 0) is 18.9 Å². The minimum atomic E-state index is -1.01. The second-order valence-corrected chi connectivity index (χ2v) is 9.21. The Morgan fingerprint density at radius 2 is 2.00 bits per heavy atom. The van der Waals surface area contributed by atoms with E-state index in [1.807, 2.05) is 31.1 Å². The third kappa shape index (κ3) is 2.39. The van der Waals surface area contributed by atoms with Gasteiger partial charge in [0.1, 0.15) is 7.85 Å². The van der Waals surface area contributed by atoms with Gasteiger partial charge in [0, 0.05) is 36.7 Å². The number of hydrogen-bond donors (Lipinski definition) is 0. The predicted molar refractivity (Wildman–Crippen MR) is 125 cm³/mol. The van der Waals surface area contributed by atoms with Crippen LogP contribution in [0, 0.1) is 0 Å². The van der Waals surface area contributed by atoms with Crippen LogP contribution in [0.1, 0.15) is 45.9 Å². The molecule has 1 saturated carbocycles. The lowest BCUT2D eigenvalue weighted by Gasteiger charge is -2.41. The average molecular weight is 413 g/mol. The summed E-state index contributed by atoms with van der Waals surface area (Å²) < 4.78 is 1.86. The lowest BCUT2D eigenvalue weighted by atomic mass is 9.41. The first-order valence-electron chi connectivity index (χ1n) is 11.0. The van der Waals surface area contributed by atoms with Crippen LogP contribution in [0.3, 0.4) is 0 Å². The number of carbonyl (C=O) groups is 1. The van der Waals surface area contributed by atoms with Gasteiger partial charge in [0.2, 0.25) is 0 Å². The van der Waals surface area contributed by atoms with Gasteiger partial charge < -0.3 is 4.90 Å². The summed E-state index contributed by atoms with van der Waals surface area (Å²) >= 11 is 0. The van der Waals surface area contributed by atoms with Crippen LogP contribution in [0.5, 0.6) is 0 Å². The molecule has 7 rings (SSSR count). The molecule has 4 aromatic rings. The normalized spacial score (nSPS) is 21.3. The fourth-order valence-electron chi connectivity index (χ4n) is 5.44. The van der Waals surface area contributed by atoms with Crippen molar-refractivity contribution in [1.82, 2.24) is 19.7 Å². The quantitative estimate of drug-likeness (QED) is 0.475. The summed E-state index contributed by atoms with van der Waals surface area (Å²) in [5.74, 6) is 0.511. The summed E-state index contributed by atoms with van der Waals surface area (Å²) in [4.78, 5) is 19.4. The number of fused-ring (bicyclic) bond motifs is 5. The second-order valence-electron chi connectivity index (χ2n) is 9.21. The highest BCUT2D eigenvalue weighted by molar-refractivity contribution is 6.67. The van der Waals surface area contributed by atoms with Crippen molar-refractivity contribution in [2.45, 2.75) is 30.6 Å². The van der Waals surface area contributed by atoms with E-state index in [1.54, 1.807) is 17.2 Å². The number of rotatable bonds is 2. The summed E-state index contributed by atoms with van der Waals surface area (Å²) in [6.07, 6.45) is 6.17. The molecule has 1 aliphatic carbocycles. The van der Waals surface area contributed by atoms with E-state index in [9.17, 15) is 4.79 Å². The van der Waals surface area contributed by atoms with Crippen molar-refractivity contribution in [3.8, 4) is 11.1 Å². The molecule has 3 radical (unpaired) electrons. The van der Waals surface area contributed by atoms with E-state index in [0.717, 1.165) is 16.4 Å². The van der Waals surface area contributed by atoms with Crippen LogP contribution in [0.4, 0.5) is 0 Å². The third-order valence-electron chi connectivity index (χ3n) is 7.11. The summed E-state index contributed by atoms with van der Waals surface area (Å²) in [7, 11) is 10.9. The number of nitrogens with zero attached hydrogens (tertiary/aromatic N) is 4. The fourth-order valence-corrected chi connectivity index (χ4v) is 5.44. The standard InChI is InChI=1S/C25H19B2N4O/c1-30-12-20-16(4-2-6-22(20)29-30)15-10-18(14-7-8-14)19-13-31-24(32)17-5-3-9-28-23(17)25(31,26)27-21(19)11-15/h2-6,9-12,14H,7-8,13H2,1H3. The van der Waals surface area contributed by atoms with Gasteiger partial charge in [0.25, 0.3) is 5.91 Å². The highest BCUT2D eigenvalue weighted by atomic mass is 16.2. The van der Waals surface area contributed by atoms with Crippen molar-refractivity contribution >= 4 is 37.4 Å². The van der Waals surface area contributed by atoms with Crippen molar-refractivity contribution in [3.63, 3.8) is 0 Å². The average Bonchev–Trinajstić information content (AvgIpc) is 3.53. The maximum atomic E-state index is 13.2. The Hall–Kier alpha value is -3.34. The van der Waals surface area contributed by atoms with E-state index < -0.39 is 5.34 Å². The number of benzene rings is 2. The molecule has 0 saturated heterocycles. The largest absolute Gasteiger partial charge is 0.339 e. The first-order valence-corrected chi connectivity index (χ1v) is 11.0. The van der Waals surface area contributed by atoms with Crippen LogP contribution >= 0.6 is 0 Å². The maximum Gasteiger partial charge on any atom is 0.255 e. The molecule has 0 N–H and O–H groups in total. The van der Waals surface area contributed by atoms with Crippen LogP contribution < -0.4 is 5.46 Å². The fraction of sp³-hybridized carbons (Fsp3) is 0.240. The molecule has 4 heterocycles. The van der Waals surface area contributed by atoms with Gasteiger partial charge in [-0.1, -0.05) is 29.7 Å². The van der Waals surface area contributed by atoms with Crippen LogP contribution in [-0.4, -0.2) is 40.7 Å². The van der Waals surface area contributed by atoms with Crippen molar-refractivity contribution in [1.29, 1.82) is 0 Å². The smallest absolute Gasteiger partial charge is 0.255 e. The van der Waals surface area contributed by atoms with Gasteiger partial charge in [-0.2, -0.15) is 5.10 Å². The molecule has 32 heavy (non-hydrogen) atoms. The summed E-state index contributed by atoms with van der Waals surface area (Å²) in [5, 5.41) is 4.71. The Morgan fingerprint density at radius 3 is 2.84 bits per heavy atom. The molecule has 2 aromatic carbocycles. The molecule has 5 nitrogen and oxygen atoms in total. The van der Waals surface area contributed by atoms with Crippen LogP contribution in [0.2, 0.25) is 0 Å². The number of aromatic nitrogens is 3. The molecular formula is C25H19B2N4O.